The zero-order chi connectivity index (χ0) is 18.1. The first-order chi connectivity index (χ1) is 11.9. The Hall–Kier alpha value is -1.64. The molecule has 25 heavy (non-hydrogen) atoms. The van der Waals surface area contributed by atoms with E-state index in [1.165, 1.54) is 15.9 Å². The number of thioether (sulfide) groups is 1. The first-order valence-corrected chi connectivity index (χ1v) is 9.84. The van der Waals surface area contributed by atoms with Gasteiger partial charge < -0.3 is 9.84 Å². The summed E-state index contributed by atoms with van der Waals surface area (Å²) in [6, 6.07) is 0. The molecular formula is C17H20N2O4S2. The van der Waals surface area contributed by atoms with Crippen LogP contribution in [0.1, 0.15) is 24.3 Å². The van der Waals surface area contributed by atoms with Gasteiger partial charge in [-0.15, -0.1) is 17.9 Å². The van der Waals surface area contributed by atoms with Gasteiger partial charge in [0, 0.05) is 17.8 Å². The van der Waals surface area contributed by atoms with Crippen LogP contribution in [0, 0.1) is 5.92 Å². The monoisotopic (exact) mass is 380 g/mol. The van der Waals surface area contributed by atoms with Gasteiger partial charge in [-0.2, -0.15) is 0 Å². The Kier molecular flexibility index (Phi) is 5.31. The van der Waals surface area contributed by atoms with Gasteiger partial charge in [0.05, 0.1) is 23.8 Å². The summed E-state index contributed by atoms with van der Waals surface area (Å²) in [7, 11) is 0. The van der Waals surface area contributed by atoms with Gasteiger partial charge in [-0.25, -0.2) is 4.98 Å². The summed E-state index contributed by atoms with van der Waals surface area (Å²) in [4.78, 5) is 30.2. The van der Waals surface area contributed by atoms with Crippen LogP contribution in [0.4, 0.5) is 0 Å². The molecule has 1 unspecified atom stereocenters. The van der Waals surface area contributed by atoms with Crippen LogP contribution in [0.3, 0.4) is 0 Å². The van der Waals surface area contributed by atoms with E-state index in [-0.39, 0.29) is 17.4 Å². The second-order valence-electron chi connectivity index (χ2n) is 6.26. The highest BCUT2D eigenvalue weighted by Gasteiger charge is 2.28. The van der Waals surface area contributed by atoms with Gasteiger partial charge >= 0.3 is 5.97 Å². The SMILES string of the molecule is C=CCn1c(SCC(=O)O)nc2sc3c(c2c1=O)CC(C(C)C)OC3. The zero-order valence-corrected chi connectivity index (χ0v) is 15.8. The predicted octanol–water partition coefficient (Wildman–Crippen LogP) is 2.92. The number of carboxylic acids is 1. The molecule has 0 saturated heterocycles. The largest absolute Gasteiger partial charge is 0.481 e. The normalized spacial score (nSPS) is 17.0. The fraction of sp³-hybridized carbons (Fsp3) is 0.471. The summed E-state index contributed by atoms with van der Waals surface area (Å²) < 4.78 is 7.41. The highest BCUT2D eigenvalue weighted by atomic mass is 32.2. The highest BCUT2D eigenvalue weighted by molar-refractivity contribution is 7.99. The van der Waals surface area contributed by atoms with E-state index < -0.39 is 5.97 Å². The molecule has 1 aliphatic rings. The van der Waals surface area contributed by atoms with Crippen LogP contribution in [0.25, 0.3) is 10.2 Å². The average molecular weight is 380 g/mol. The molecule has 6 nitrogen and oxygen atoms in total. The van der Waals surface area contributed by atoms with E-state index in [9.17, 15) is 9.59 Å². The topological polar surface area (TPSA) is 81.4 Å². The van der Waals surface area contributed by atoms with Crippen molar-refractivity contribution in [2.75, 3.05) is 5.75 Å². The highest BCUT2D eigenvalue weighted by Crippen LogP contribution is 2.35. The van der Waals surface area contributed by atoms with E-state index in [2.05, 4.69) is 25.4 Å². The molecule has 0 bridgehead atoms. The number of ether oxygens (including phenoxy) is 1. The Morgan fingerprint density at radius 1 is 1.60 bits per heavy atom. The molecule has 8 heteroatoms. The van der Waals surface area contributed by atoms with Crippen LogP contribution in [0.5, 0.6) is 0 Å². The lowest BCUT2D eigenvalue weighted by Crippen LogP contribution is -2.28. The predicted molar refractivity (Wildman–Crippen MR) is 99.6 cm³/mol. The third-order valence-electron chi connectivity index (χ3n) is 4.17. The van der Waals surface area contributed by atoms with E-state index in [4.69, 9.17) is 9.84 Å². The van der Waals surface area contributed by atoms with Crippen LogP contribution < -0.4 is 5.56 Å². The Labute approximate surface area is 153 Å². The Balaban J connectivity index is 2.13. The minimum Gasteiger partial charge on any atom is -0.481 e. The first kappa shape index (κ1) is 18.2. The van der Waals surface area contributed by atoms with Gasteiger partial charge in [0.25, 0.3) is 5.56 Å². The van der Waals surface area contributed by atoms with Crippen molar-refractivity contribution in [2.24, 2.45) is 5.92 Å². The smallest absolute Gasteiger partial charge is 0.313 e. The van der Waals surface area contributed by atoms with Crippen molar-refractivity contribution >= 4 is 39.3 Å². The lowest BCUT2D eigenvalue weighted by molar-refractivity contribution is -0.133. The number of nitrogens with zero attached hydrogens (tertiary/aromatic N) is 2. The molecule has 3 heterocycles. The van der Waals surface area contributed by atoms with Crippen LogP contribution in [0.15, 0.2) is 22.6 Å². The lowest BCUT2D eigenvalue weighted by Gasteiger charge is -2.26. The van der Waals surface area contributed by atoms with Crippen LogP contribution >= 0.6 is 23.1 Å². The number of fused-ring (bicyclic) bond motifs is 3. The van der Waals surface area contributed by atoms with Gasteiger partial charge in [-0.05, 0) is 11.5 Å². The second-order valence-corrected chi connectivity index (χ2v) is 8.29. The summed E-state index contributed by atoms with van der Waals surface area (Å²) in [5, 5.41) is 9.99. The number of aromatic nitrogens is 2. The fourth-order valence-electron chi connectivity index (χ4n) is 2.90. The zero-order valence-electron chi connectivity index (χ0n) is 14.2. The van der Waals surface area contributed by atoms with E-state index >= 15 is 0 Å². The third kappa shape index (κ3) is 3.51. The molecular weight excluding hydrogens is 360 g/mol. The minimum absolute atomic E-state index is 0.0959. The number of carboxylic acid groups (broad SMARTS) is 1. The van der Waals surface area contributed by atoms with Crippen LogP contribution in [-0.4, -0.2) is 32.5 Å². The van der Waals surface area contributed by atoms with E-state index in [0.717, 1.165) is 22.2 Å². The number of hydrogen-bond donors (Lipinski definition) is 1. The summed E-state index contributed by atoms with van der Waals surface area (Å²) in [6.07, 6.45) is 2.43. The van der Waals surface area contributed by atoms with Crippen molar-refractivity contribution in [1.82, 2.24) is 9.55 Å². The lowest BCUT2D eigenvalue weighted by atomic mass is 9.96. The maximum Gasteiger partial charge on any atom is 0.313 e. The molecule has 2 aromatic heterocycles. The summed E-state index contributed by atoms with van der Waals surface area (Å²) in [5.74, 6) is -0.710. The summed E-state index contributed by atoms with van der Waals surface area (Å²) in [6.45, 7) is 8.72. The second kappa shape index (κ2) is 7.31. The molecule has 0 amide bonds. The molecule has 0 radical (unpaired) electrons. The van der Waals surface area contributed by atoms with Gasteiger partial charge in [0.15, 0.2) is 5.16 Å². The number of thiophene rings is 1. The Morgan fingerprint density at radius 3 is 3.00 bits per heavy atom. The van der Waals surface area contributed by atoms with Crippen molar-refractivity contribution in [3.8, 4) is 0 Å². The van der Waals surface area contributed by atoms with E-state index in [0.29, 0.717) is 40.9 Å². The standard InChI is InChI=1S/C17H20N2O4S2/c1-4-5-19-16(22)14-10-6-11(9(2)3)23-7-12(10)25-15(14)18-17(19)24-8-13(20)21/h4,9,11H,1,5-8H2,2-3H3,(H,20,21). The van der Waals surface area contributed by atoms with E-state index in [1.54, 1.807) is 6.08 Å². The van der Waals surface area contributed by atoms with Crippen molar-refractivity contribution < 1.29 is 14.6 Å². The fourth-order valence-corrected chi connectivity index (χ4v) is 4.79. The quantitative estimate of drug-likeness (QED) is 0.471. The molecule has 2 aromatic rings. The first-order valence-electron chi connectivity index (χ1n) is 8.04. The maximum atomic E-state index is 13.1. The average Bonchev–Trinajstić information content (AvgIpc) is 2.93. The molecule has 1 aliphatic heterocycles. The third-order valence-corrected chi connectivity index (χ3v) is 6.23. The molecule has 3 rings (SSSR count). The number of allylic oxidation sites excluding steroid dienone is 1. The molecule has 0 saturated carbocycles. The molecule has 1 N–H and O–H groups in total. The number of aliphatic carboxylic acids is 1. The molecule has 0 aliphatic carbocycles. The van der Waals surface area contributed by atoms with Gasteiger partial charge in [0.2, 0.25) is 0 Å². The number of rotatable bonds is 6. The maximum absolute atomic E-state index is 13.1. The van der Waals surface area contributed by atoms with Crippen molar-refractivity contribution in [3.05, 3.63) is 33.4 Å². The summed E-state index contributed by atoms with van der Waals surface area (Å²) >= 11 is 2.52. The van der Waals surface area contributed by atoms with Crippen molar-refractivity contribution in [3.63, 3.8) is 0 Å². The molecule has 0 fully saturated rings. The van der Waals surface area contributed by atoms with Crippen LogP contribution in [0.2, 0.25) is 0 Å². The summed E-state index contributed by atoms with van der Waals surface area (Å²) in [5.41, 5.74) is 0.912. The number of carbonyl (C=O) groups is 1. The van der Waals surface area contributed by atoms with Crippen molar-refractivity contribution in [1.29, 1.82) is 0 Å². The van der Waals surface area contributed by atoms with Crippen LogP contribution in [-0.2, 0) is 29.1 Å². The Morgan fingerprint density at radius 2 is 2.36 bits per heavy atom. The minimum atomic E-state index is -0.942. The van der Waals surface area contributed by atoms with E-state index in [1.807, 2.05) is 0 Å². The van der Waals surface area contributed by atoms with Gasteiger partial charge in [-0.3, -0.25) is 14.2 Å². The molecule has 1 atom stereocenters. The Bertz CT molecular complexity index is 885. The van der Waals surface area contributed by atoms with Gasteiger partial charge in [-0.1, -0.05) is 31.7 Å². The molecule has 0 spiro atoms. The number of hydrogen-bond acceptors (Lipinski definition) is 6. The van der Waals surface area contributed by atoms with Crippen molar-refractivity contribution in [2.45, 2.75) is 44.7 Å². The van der Waals surface area contributed by atoms with Gasteiger partial charge in [0.1, 0.15) is 4.83 Å². The molecule has 0 aromatic carbocycles. The molecule has 134 valence electrons.